The molecule has 0 radical (unpaired) electrons. The molecule has 2 heterocycles. The second kappa shape index (κ2) is 9.74. The number of aliphatic carboxylic acids is 1. The van der Waals surface area contributed by atoms with Gasteiger partial charge in [-0.25, -0.2) is 0 Å². The van der Waals surface area contributed by atoms with Gasteiger partial charge < -0.3 is 14.9 Å². The summed E-state index contributed by atoms with van der Waals surface area (Å²) in [5.41, 5.74) is 5.26. The molecule has 2 amide bonds. The topological polar surface area (TPSA) is 90.8 Å². The van der Waals surface area contributed by atoms with E-state index in [1.165, 1.54) is 0 Å². The summed E-state index contributed by atoms with van der Waals surface area (Å²) in [5, 5.41) is 9.18. The third-order valence-electron chi connectivity index (χ3n) is 7.91. The van der Waals surface area contributed by atoms with Gasteiger partial charge in [0.25, 0.3) is 5.91 Å². The minimum atomic E-state index is -0.954. The van der Waals surface area contributed by atoms with Crippen molar-refractivity contribution in [1.29, 1.82) is 0 Å². The monoisotopic (exact) mass is 515 g/mol. The molecule has 3 atom stereocenters. The molecule has 2 aliphatic carbocycles. The number of rotatable bonds is 7. The largest absolute Gasteiger partial charge is 0.481 e. The number of thiazole rings is 1. The SMILES string of the molecule is O=C(O)CCC(=O)N(C1CC1)[C@H]1c2ccccc2N(C(=O)c2cccc(-c3cncs3)c2)[C@H]2CCC[C@H]21. The van der Waals surface area contributed by atoms with Gasteiger partial charge in [0, 0.05) is 41.9 Å². The third kappa shape index (κ3) is 4.44. The number of anilines is 1. The number of carboxylic acid groups (broad SMARTS) is 1. The molecule has 2 fully saturated rings. The Morgan fingerprint density at radius 3 is 2.62 bits per heavy atom. The van der Waals surface area contributed by atoms with E-state index in [0.717, 1.165) is 53.8 Å². The molecule has 3 aromatic rings. The zero-order chi connectivity index (χ0) is 25.5. The van der Waals surface area contributed by atoms with Crippen molar-refractivity contribution in [3.8, 4) is 10.4 Å². The summed E-state index contributed by atoms with van der Waals surface area (Å²) >= 11 is 1.55. The Morgan fingerprint density at radius 2 is 1.86 bits per heavy atom. The van der Waals surface area contributed by atoms with Gasteiger partial charge in [-0.2, -0.15) is 0 Å². The van der Waals surface area contributed by atoms with E-state index in [1.54, 1.807) is 16.8 Å². The van der Waals surface area contributed by atoms with E-state index in [9.17, 15) is 19.5 Å². The summed E-state index contributed by atoms with van der Waals surface area (Å²) in [6.07, 6.45) is 6.37. The van der Waals surface area contributed by atoms with Crippen LogP contribution in [0.4, 0.5) is 5.69 Å². The lowest BCUT2D eigenvalue weighted by Gasteiger charge is -2.48. The summed E-state index contributed by atoms with van der Waals surface area (Å²) in [4.78, 5) is 47.9. The number of benzene rings is 2. The van der Waals surface area contributed by atoms with Crippen molar-refractivity contribution in [2.45, 2.75) is 63.1 Å². The molecule has 3 aliphatic rings. The van der Waals surface area contributed by atoms with E-state index in [2.05, 4.69) is 4.98 Å². The van der Waals surface area contributed by atoms with Crippen LogP contribution in [0.15, 0.2) is 60.2 Å². The molecule has 1 aromatic heterocycles. The van der Waals surface area contributed by atoms with Crippen LogP contribution >= 0.6 is 11.3 Å². The first-order chi connectivity index (χ1) is 18.0. The standard InChI is InChI=1S/C29H29N3O4S/c33-26(13-14-27(34)35)31(20-11-12-20)28-21-7-1-2-9-23(21)32(24-10-4-8-22(24)28)29(36)19-6-3-5-18(15-19)25-16-30-17-37-25/h1-3,5-7,9,15-17,20,22,24,28H,4,8,10-14H2,(H,34,35)/t22-,24+,28+/m1/s1. The molecule has 1 N–H and O–H groups in total. The van der Waals surface area contributed by atoms with E-state index in [-0.39, 0.29) is 48.7 Å². The first-order valence-corrected chi connectivity index (χ1v) is 13.9. The maximum atomic E-state index is 14.1. The lowest BCUT2D eigenvalue weighted by atomic mass is 9.81. The smallest absolute Gasteiger partial charge is 0.303 e. The fourth-order valence-corrected chi connectivity index (χ4v) is 6.84. The summed E-state index contributed by atoms with van der Waals surface area (Å²) < 4.78 is 0. The molecule has 2 saturated carbocycles. The maximum Gasteiger partial charge on any atom is 0.303 e. The van der Waals surface area contributed by atoms with Gasteiger partial charge in [-0.1, -0.05) is 36.8 Å². The molecule has 7 nitrogen and oxygen atoms in total. The minimum absolute atomic E-state index is 0.00650. The lowest BCUT2D eigenvalue weighted by Crippen LogP contribution is -2.52. The van der Waals surface area contributed by atoms with Crippen molar-refractivity contribution >= 4 is 34.8 Å². The second-order valence-corrected chi connectivity index (χ2v) is 11.1. The summed E-state index contributed by atoms with van der Waals surface area (Å²) in [6, 6.07) is 15.7. The molecule has 2 aromatic carbocycles. The molecule has 0 spiro atoms. The molecule has 1 aliphatic heterocycles. The number of para-hydroxylation sites is 1. The Bertz CT molecular complexity index is 1340. The molecule has 37 heavy (non-hydrogen) atoms. The molecule has 190 valence electrons. The van der Waals surface area contributed by atoms with Gasteiger partial charge >= 0.3 is 5.97 Å². The third-order valence-corrected chi connectivity index (χ3v) is 8.73. The summed E-state index contributed by atoms with van der Waals surface area (Å²) in [6.45, 7) is 0. The number of carbonyl (C=O) groups is 3. The Balaban J connectivity index is 1.39. The minimum Gasteiger partial charge on any atom is -0.481 e. The summed E-state index contributed by atoms with van der Waals surface area (Å²) in [5.74, 6) is -0.946. The number of hydrogen-bond acceptors (Lipinski definition) is 5. The highest BCUT2D eigenvalue weighted by Crippen LogP contribution is 2.53. The zero-order valence-corrected chi connectivity index (χ0v) is 21.3. The Kier molecular flexibility index (Phi) is 6.28. The first-order valence-electron chi connectivity index (χ1n) is 13.0. The van der Waals surface area contributed by atoms with Gasteiger partial charge in [-0.05, 0) is 55.0 Å². The molecule has 0 unspecified atom stereocenters. The predicted molar refractivity (Wildman–Crippen MR) is 141 cm³/mol. The van der Waals surface area contributed by atoms with Crippen LogP contribution in [-0.4, -0.2) is 44.9 Å². The highest BCUT2D eigenvalue weighted by molar-refractivity contribution is 7.13. The average molecular weight is 516 g/mol. The second-order valence-electron chi connectivity index (χ2n) is 10.2. The van der Waals surface area contributed by atoms with Gasteiger partial charge in [0.05, 0.1) is 22.9 Å². The van der Waals surface area contributed by atoms with Crippen molar-refractivity contribution in [2.75, 3.05) is 4.90 Å². The van der Waals surface area contributed by atoms with Crippen LogP contribution < -0.4 is 4.90 Å². The molecule has 6 rings (SSSR count). The van der Waals surface area contributed by atoms with E-state index in [1.807, 2.05) is 64.5 Å². The number of amides is 2. The predicted octanol–water partition coefficient (Wildman–Crippen LogP) is 5.54. The van der Waals surface area contributed by atoms with E-state index in [4.69, 9.17) is 0 Å². The maximum absolute atomic E-state index is 14.1. The Hall–Kier alpha value is -3.52. The van der Waals surface area contributed by atoms with Crippen LogP contribution in [0.2, 0.25) is 0 Å². The quantitative estimate of drug-likeness (QED) is 0.446. The molecular weight excluding hydrogens is 486 g/mol. The molecule has 0 bridgehead atoms. The van der Waals surface area contributed by atoms with Crippen molar-refractivity contribution in [3.63, 3.8) is 0 Å². The van der Waals surface area contributed by atoms with Crippen LogP contribution in [0.5, 0.6) is 0 Å². The fourth-order valence-electron chi connectivity index (χ4n) is 6.22. The Labute approximate surface area is 219 Å². The van der Waals surface area contributed by atoms with Crippen LogP contribution in [0, 0.1) is 5.92 Å². The zero-order valence-electron chi connectivity index (χ0n) is 20.5. The normalized spacial score (nSPS) is 22.3. The van der Waals surface area contributed by atoms with Gasteiger partial charge in [-0.3, -0.25) is 19.4 Å². The van der Waals surface area contributed by atoms with Crippen LogP contribution in [0.1, 0.15) is 66.9 Å². The van der Waals surface area contributed by atoms with Crippen molar-refractivity contribution in [3.05, 3.63) is 71.4 Å². The van der Waals surface area contributed by atoms with Crippen LogP contribution in [0.25, 0.3) is 10.4 Å². The number of fused-ring (bicyclic) bond motifs is 2. The molecule has 8 heteroatoms. The first kappa shape index (κ1) is 23.9. The lowest BCUT2D eigenvalue weighted by molar-refractivity contribution is -0.142. The number of carbonyl (C=O) groups excluding carboxylic acids is 2. The Morgan fingerprint density at radius 1 is 1.03 bits per heavy atom. The van der Waals surface area contributed by atoms with Gasteiger partial charge in [0.15, 0.2) is 0 Å². The van der Waals surface area contributed by atoms with Crippen LogP contribution in [0.3, 0.4) is 0 Å². The van der Waals surface area contributed by atoms with Gasteiger partial charge in [0.1, 0.15) is 0 Å². The fraction of sp³-hybridized carbons (Fsp3) is 0.379. The van der Waals surface area contributed by atoms with Gasteiger partial charge in [-0.15, -0.1) is 11.3 Å². The molecular formula is C29H29N3O4S. The van der Waals surface area contributed by atoms with E-state index < -0.39 is 5.97 Å². The van der Waals surface area contributed by atoms with E-state index in [0.29, 0.717) is 5.56 Å². The van der Waals surface area contributed by atoms with Crippen LogP contribution in [-0.2, 0) is 9.59 Å². The highest BCUT2D eigenvalue weighted by Gasteiger charge is 2.51. The summed E-state index contributed by atoms with van der Waals surface area (Å²) in [7, 11) is 0. The average Bonchev–Trinajstić information content (AvgIpc) is 3.37. The highest BCUT2D eigenvalue weighted by atomic mass is 32.1. The number of aromatic nitrogens is 1. The number of hydrogen-bond donors (Lipinski definition) is 1. The van der Waals surface area contributed by atoms with Crippen molar-refractivity contribution < 1.29 is 19.5 Å². The van der Waals surface area contributed by atoms with Crippen molar-refractivity contribution in [1.82, 2.24) is 9.88 Å². The molecule has 0 saturated heterocycles. The van der Waals surface area contributed by atoms with E-state index >= 15 is 0 Å². The number of nitrogens with zero attached hydrogens (tertiary/aromatic N) is 3. The number of carboxylic acids is 1. The van der Waals surface area contributed by atoms with Crippen molar-refractivity contribution in [2.24, 2.45) is 5.92 Å². The van der Waals surface area contributed by atoms with Gasteiger partial charge in [0.2, 0.25) is 5.91 Å².